The molecule has 0 saturated heterocycles. The molecule has 16 heavy (non-hydrogen) atoms. The Balaban J connectivity index is 4.50. The molecule has 0 radical (unpaired) electrons. The smallest absolute Gasteiger partial charge is 0.269 e. The fourth-order valence-corrected chi connectivity index (χ4v) is 0.898. The van der Waals surface area contributed by atoms with Crippen LogP contribution >= 0.6 is 0 Å². The predicted octanol–water partition coefficient (Wildman–Crippen LogP) is -0.933. The van der Waals surface area contributed by atoms with Gasteiger partial charge in [0.1, 0.15) is 13.1 Å². The highest BCUT2D eigenvalue weighted by Gasteiger charge is 2.26. The molecule has 0 heterocycles. The molecular weight excluding hydrogens is 224 g/mol. The van der Waals surface area contributed by atoms with Gasteiger partial charge in [0.15, 0.2) is 10.1 Å². The summed E-state index contributed by atoms with van der Waals surface area (Å²) in [7, 11) is 0. The molecule has 0 unspecified atom stereocenters. The third-order valence-corrected chi connectivity index (χ3v) is 1.64. The van der Waals surface area contributed by atoms with Crippen molar-refractivity contribution in [3.8, 4) is 0 Å². The van der Waals surface area contributed by atoms with Crippen molar-refractivity contribution < 1.29 is 19.7 Å². The minimum Gasteiger partial charge on any atom is -0.269 e. The van der Waals surface area contributed by atoms with E-state index in [9.17, 15) is 29.8 Å². The lowest BCUT2D eigenvalue weighted by molar-refractivity contribution is -0.651. The first kappa shape index (κ1) is 13.7. The van der Waals surface area contributed by atoms with Crippen molar-refractivity contribution in [2.24, 2.45) is 0 Å². The van der Waals surface area contributed by atoms with E-state index in [4.69, 9.17) is 0 Å². The molecule has 0 saturated carbocycles. The zero-order valence-electron chi connectivity index (χ0n) is 8.65. The van der Waals surface area contributed by atoms with Crippen molar-refractivity contribution in [2.75, 3.05) is 13.1 Å². The van der Waals surface area contributed by atoms with Crippen LogP contribution in [-0.2, 0) is 9.59 Å². The summed E-state index contributed by atoms with van der Waals surface area (Å²) in [5.74, 6) is -1.73. The number of hydrogen-bond donors (Lipinski definition) is 0. The van der Waals surface area contributed by atoms with Crippen LogP contribution in [0.1, 0.15) is 13.8 Å². The van der Waals surface area contributed by atoms with Gasteiger partial charge in [-0.05, 0) is 0 Å². The van der Waals surface area contributed by atoms with E-state index < -0.39 is 35.0 Å². The molecule has 0 aromatic rings. The molecule has 0 rings (SSSR count). The lowest BCUT2D eigenvalue weighted by Crippen LogP contribution is -2.44. The number of hydrazine groups is 2. The second-order valence-electron chi connectivity index (χ2n) is 2.76. The molecule has 0 aliphatic rings. The number of nitro groups is 2. The largest absolute Gasteiger partial charge is 0.280 e. The zero-order chi connectivity index (χ0) is 12.9. The Bertz CT molecular complexity index is 269. The Morgan fingerprint density at radius 3 is 1.31 bits per heavy atom. The Kier molecular flexibility index (Phi) is 4.79. The highest BCUT2D eigenvalue weighted by atomic mass is 16.7. The van der Waals surface area contributed by atoms with Gasteiger partial charge in [-0.1, -0.05) is 10.0 Å². The van der Waals surface area contributed by atoms with Gasteiger partial charge < -0.3 is 0 Å². The van der Waals surface area contributed by atoms with Gasteiger partial charge in [-0.15, -0.1) is 0 Å². The average Bonchev–Trinajstić information content (AvgIpc) is 2.09. The molecule has 0 aromatic heterocycles. The van der Waals surface area contributed by atoms with Crippen LogP contribution in [0.4, 0.5) is 0 Å². The molecule has 0 N–H and O–H groups in total. The third-order valence-electron chi connectivity index (χ3n) is 1.64. The van der Waals surface area contributed by atoms with Crippen LogP contribution < -0.4 is 0 Å². The van der Waals surface area contributed by atoms with Gasteiger partial charge in [0.05, 0.1) is 0 Å². The SMILES string of the molecule is CC(=O)N(CCN(C(C)=O)[N+](=O)[O-])[N+](=O)[O-]. The lowest BCUT2D eigenvalue weighted by atomic mass is 10.5. The first-order valence-electron chi connectivity index (χ1n) is 4.12. The summed E-state index contributed by atoms with van der Waals surface area (Å²) < 4.78 is 0. The number of hydrogen-bond acceptors (Lipinski definition) is 6. The Labute approximate surface area is 89.7 Å². The molecule has 10 heteroatoms. The molecule has 0 fully saturated rings. The quantitative estimate of drug-likeness (QED) is 0.446. The molecule has 10 nitrogen and oxygen atoms in total. The Morgan fingerprint density at radius 2 is 1.19 bits per heavy atom. The summed E-state index contributed by atoms with van der Waals surface area (Å²) in [6.07, 6.45) is 0. The monoisotopic (exact) mass is 234 g/mol. The van der Waals surface area contributed by atoms with E-state index in [1.807, 2.05) is 0 Å². The maximum Gasteiger partial charge on any atom is 0.280 e. The van der Waals surface area contributed by atoms with Gasteiger partial charge in [0.2, 0.25) is 0 Å². The van der Waals surface area contributed by atoms with E-state index in [2.05, 4.69) is 0 Å². The van der Waals surface area contributed by atoms with Crippen LogP contribution in [0.25, 0.3) is 0 Å². The minimum atomic E-state index is -0.986. The van der Waals surface area contributed by atoms with Gasteiger partial charge in [0.25, 0.3) is 11.8 Å². The third kappa shape index (κ3) is 3.86. The first-order chi connectivity index (χ1) is 7.27. The lowest BCUT2D eigenvalue weighted by Gasteiger charge is -2.13. The van der Waals surface area contributed by atoms with Crippen LogP contribution in [0.15, 0.2) is 0 Å². The van der Waals surface area contributed by atoms with E-state index in [0.717, 1.165) is 13.8 Å². The highest BCUT2D eigenvalue weighted by Crippen LogP contribution is 1.95. The zero-order valence-corrected chi connectivity index (χ0v) is 8.65. The van der Waals surface area contributed by atoms with Crippen molar-refractivity contribution >= 4 is 11.8 Å². The maximum absolute atomic E-state index is 10.7. The summed E-state index contributed by atoms with van der Waals surface area (Å²) in [6.45, 7) is 0.825. The molecule has 2 amide bonds. The normalized spacial score (nSPS) is 9.38. The summed E-state index contributed by atoms with van der Waals surface area (Å²) in [4.78, 5) is 42.2. The fourth-order valence-electron chi connectivity index (χ4n) is 0.898. The molecule has 0 spiro atoms. The van der Waals surface area contributed by atoms with Crippen molar-refractivity contribution in [2.45, 2.75) is 13.8 Å². The molecule has 90 valence electrons. The van der Waals surface area contributed by atoms with Crippen LogP contribution in [0.5, 0.6) is 0 Å². The molecule has 0 atom stereocenters. The molecular formula is C6H10N4O6. The molecule has 0 bridgehead atoms. The molecule has 0 aliphatic carbocycles. The van der Waals surface area contributed by atoms with Gasteiger partial charge in [-0.25, -0.2) is 20.2 Å². The number of rotatable bonds is 5. The van der Waals surface area contributed by atoms with E-state index in [0.29, 0.717) is 0 Å². The second kappa shape index (κ2) is 5.58. The average molecular weight is 234 g/mol. The first-order valence-corrected chi connectivity index (χ1v) is 4.12. The summed E-state index contributed by atoms with van der Waals surface area (Å²) >= 11 is 0. The number of amides is 2. The summed E-state index contributed by atoms with van der Waals surface area (Å²) in [6, 6.07) is 0. The minimum absolute atomic E-state index is 0.194. The second-order valence-corrected chi connectivity index (χ2v) is 2.76. The Morgan fingerprint density at radius 1 is 0.938 bits per heavy atom. The van der Waals surface area contributed by atoms with Crippen LogP contribution in [0, 0.1) is 20.2 Å². The number of carbonyl (C=O) groups is 2. The summed E-state index contributed by atoms with van der Waals surface area (Å²) in [5, 5.41) is 19.1. The van der Waals surface area contributed by atoms with Crippen molar-refractivity contribution in [3.63, 3.8) is 0 Å². The van der Waals surface area contributed by atoms with Crippen molar-refractivity contribution in [3.05, 3.63) is 20.2 Å². The van der Waals surface area contributed by atoms with Gasteiger partial charge >= 0.3 is 0 Å². The van der Waals surface area contributed by atoms with Crippen LogP contribution in [0.2, 0.25) is 0 Å². The molecule has 0 aromatic carbocycles. The van der Waals surface area contributed by atoms with Gasteiger partial charge in [-0.2, -0.15) is 0 Å². The van der Waals surface area contributed by atoms with E-state index in [-0.39, 0.29) is 10.0 Å². The highest BCUT2D eigenvalue weighted by molar-refractivity contribution is 5.73. The van der Waals surface area contributed by atoms with E-state index >= 15 is 0 Å². The van der Waals surface area contributed by atoms with Gasteiger partial charge in [0, 0.05) is 13.8 Å². The number of carbonyl (C=O) groups excluding carboxylic acids is 2. The van der Waals surface area contributed by atoms with Gasteiger partial charge in [-0.3, -0.25) is 9.59 Å². The predicted molar refractivity (Wildman–Crippen MR) is 48.8 cm³/mol. The summed E-state index contributed by atoms with van der Waals surface area (Å²) in [5.41, 5.74) is 0. The van der Waals surface area contributed by atoms with Crippen molar-refractivity contribution in [1.29, 1.82) is 0 Å². The number of nitrogens with zero attached hydrogens (tertiary/aromatic N) is 4. The standard InChI is InChI=1S/C6H10N4O6/c1-5(11)7(9(13)14)3-4-8(6(2)12)10(15)16/h3-4H2,1-2H3. The van der Waals surface area contributed by atoms with Crippen LogP contribution in [0.3, 0.4) is 0 Å². The van der Waals surface area contributed by atoms with Crippen molar-refractivity contribution in [1.82, 2.24) is 10.0 Å². The topological polar surface area (TPSA) is 127 Å². The fraction of sp³-hybridized carbons (Fsp3) is 0.667. The molecule has 0 aliphatic heterocycles. The van der Waals surface area contributed by atoms with Crippen LogP contribution in [-0.4, -0.2) is 45.0 Å². The maximum atomic E-state index is 10.7. The van der Waals surface area contributed by atoms with E-state index in [1.165, 1.54) is 0 Å². The Hall–Kier alpha value is -2.26. The van der Waals surface area contributed by atoms with E-state index in [1.54, 1.807) is 0 Å².